The Balaban J connectivity index is 1.52. The molecule has 2 heterocycles. The van der Waals surface area contributed by atoms with Gasteiger partial charge < -0.3 is 19.7 Å². The number of ether oxygens (including phenoxy) is 2. The van der Waals surface area contributed by atoms with E-state index >= 15 is 0 Å². The van der Waals surface area contributed by atoms with E-state index in [1.54, 1.807) is 47.0 Å². The van der Waals surface area contributed by atoms with Gasteiger partial charge in [-0.3, -0.25) is 0 Å². The average Bonchev–Trinajstić information content (AvgIpc) is 3.11. The van der Waals surface area contributed by atoms with Gasteiger partial charge in [-0.2, -0.15) is 0 Å². The molecule has 0 aromatic heterocycles. The summed E-state index contributed by atoms with van der Waals surface area (Å²) in [7, 11) is 0. The first-order chi connectivity index (χ1) is 12.6. The Hall–Kier alpha value is -1.76. The molecule has 2 aromatic rings. The van der Waals surface area contributed by atoms with Crippen molar-refractivity contribution >= 4 is 46.7 Å². The van der Waals surface area contributed by atoms with Crippen LogP contribution in [0.25, 0.3) is 0 Å². The van der Waals surface area contributed by atoms with E-state index in [-0.39, 0.29) is 11.4 Å². The molecule has 0 spiro atoms. The number of nitrogens with zero attached hydrogens (tertiary/aromatic N) is 1. The number of hydrogen-bond donors (Lipinski definition) is 1. The summed E-state index contributed by atoms with van der Waals surface area (Å²) in [6, 6.07) is 10.6. The van der Waals surface area contributed by atoms with Gasteiger partial charge in [0.05, 0.1) is 0 Å². The predicted octanol–water partition coefficient (Wildman–Crippen LogP) is 5.04. The van der Waals surface area contributed by atoms with E-state index in [0.717, 1.165) is 11.3 Å². The summed E-state index contributed by atoms with van der Waals surface area (Å²) < 4.78 is 11.1. The van der Waals surface area contributed by atoms with Crippen molar-refractivity contribution in [2.24, 2.45) is 0 Å². The zero-order valence-corrected chi connectivity index (χ0v) is 16.0. The summed E-state index contributed by atoms with van der Waals surface area (Å²) in [5.74, 6) is 2.18. The molecule has 0 bridgehead atoms. The van der Waals surface area contributed by atoms with E-state index < -0.39 is 0 Å². The first-order valence-corrected chi connectivity index (χ1v) is 9.96. The van der Waals surface area contributed by atoms with Crippen molar-refractivity contribution in [3.8, 4) is 11.5 Å². The highest BCUT2D eigenvalue weighted by atomic mass is 35.5. The summed E-state index contributed by atoms with van der Waals surface area (Å²) >= 11 is 14.0. The standard InChI is InChI=1S/C18H16Cl2N2O3S/c19-11-1-3-13(14(20)9-11)17-22(5-8-26-17)18(23)21-12-2-4-15-16(10-12)25-7-6-24-15/h1-4,9-10,17H,5-8H2,(H,21,23). The van der Waals surface area contributed by atoms with Crippen LogP contribution in [0.5, 0.6) is 11.5 Å². The molecule has 1 fully saturated rings. The Bertz CT molecular complexity index is 849. The summed E-state index contributed by atoms with van der Waals surface area (Å²) in [5, 5.41) is 3.93. The number of fused-ring (bicyclic) bond motifs is 1. The van der Waals surface area contributed by atoms with Crippen LogP contribution in [0.2, 0.25) is 10.0 Å². The van der Waals surface area contributed by atoms with E-state index in [9.17, 15) is 4.79 Å². The van der Waals surface area contributed by atoms with Crippen LogP contribution in [0.4, 0.5) is 10.5 Å². The van der Waals surface area contributed by atoms with Crippen molar-refractivity contribution in [3.05, 3.63) is 52.0 Å². The molecular weight excluding hydrogens is 395 g/mol. The Morgan fingerprint density at radius 1 is 1.12 bits per heavy atom. The van der Waals surface area contributed by atoms with Crippen molar-refractivity contribution in [1.82, 2.24) is 4.90 Å². The lowest BCUT2D eigenvalue weighted by molar-refractivity contribution is 0.171. The SMILES string of the molecule is O=C(Nc1ccc2c(c1)OCCO2)N1CCSC1c1ccc(Cl)cc1Cl. The Labute approximate surface area is 165 Å². The molecule has 26 heavy (non-hydrogen) atoms. The molecule has 2 aromatic carbocycles. The lowest BCUT2D eigenvalue weighted by Gasteiger charge is -2.25. The Morgan fingerprint density at radius 2 is 1.92 bits per heavy atom. The topological polar surface area (TPSA) is 50.8 Å². The van der Waals surface area contributed by atoms with Crippen LogP contribution in [-0.4, -0.2) is 36.4 Å². The van der Waals surface area contributed by atoms with E-state index in [1.807, 2.05) is 6.07 Å². The molecule has 2 aliphatic heterocycles. The molecule has 5 nitrogen and oxygen atoms in total. The second-order valence-corrected chi connectivity index (χ2v) is 7.90. The molecule has 1 unspecified atom stereocenters. The van der Waals surface area contributed by atoms with E-state index in [2.05, 4.69) is 5.32 Å². The van der Waals surface area contributed by atoms with E-state index in [1.165, 1.54) is 0 Å². The number of anilines is 1. The molecule has 4 rings (SSSR count). The zero-order chi connectivity index (χ0) is 18.1. The molecule has 2 aliphatic rings. The average molecular weight is 411 g/mol. The Morgan fingerprint density at radius 3 is 2.73 bits per heavy atom. The second kappa shape index (κ2) is 7.47. The maximum absolute atomic E-state index is 12.8. The fourth-order valence-electron chi connectivity index (χ4n) is 2.95. The summed E-state index contributed by atoms with van der Waals surface area (Å²) in [4.78, 5) is 14.6. The molecule has 0 radical (unpaired) electrons. The number of halogens is 2. The highest BCUT2D eigenvalue weighted by Crippen LogP contribution is 2.42. The van der Waals surface area contributed by atoms with Crippen molar-refractivity contribution in [1.29, 1.82) is 0 Å². The maximum atomic E-state index is 12.8. The smallest absolute Gasteiger partial charge is 0.323 e. The predicted molar refractivity (Wildman–Crippen MR) is 105 cm³/mol. The van der Waals surface area contributed by atoms with Gasteiger partial charge in [0.15, 0.2) is 11.5 Å². The van der Waals surface area contributed by atoms with Crippen molar-refractivity contribution in [2.75, 3.05) is 30.8 Å². The fraction of sp³-hybridized carbons (Fsp3) is 0.278. The second-order valence-electron chi connectivity index (χ2n) is 5.87. The van der Waals surface area contributed by atoms with Gasteiger partial charge in [-0.25, -0.2) is 4.79 Å². The van der Waals surface area contributed by atoms with Gasteiger partial charge in [0.2, 0.25) is 0 Å². The minimum atomic E-state index is -0.178. The van der Waals surface area contributed by atoms with Crippen LogP contribution in [0, 0.1) is 0 Å². The monoisotopic (exact) mass is 410 g/mol. The third kappa shape index (κ3) is 3.54. The van der Waals surface area contributed by atoms with Crippen LogP contribution < -0.4 is 14.8 Å². The number of hydrogen-bond acceptors (Lipinski definition) is 4. The third-order valence-corrected chi connectivity index (χ3v) is 5.98. The number of nitrogens with one attached hydrogen (secondary N) is 1. The number of thioether (sulfide) groups is 1. The maximum Gasteiger partial charge on any atom is 0.323 e. The number of carbonyl (C=O) groups excluding carboxylic acids is 1. The van der Waals surface area contributed by atoms with Gasteiger partial charge in [0.25, 0.3) is 0 Å². The summed E-state index contributed by atoms with van der Waals surface area (Å²) in [5.41, 5.74) is 1.55. The number of carbonyl (C=O) groups is 1. The van der Waals surface area contributed by atoms with Crippen molar-refractivity contribution < 1.29 is 14.3 Å². The van der Waals surface area contributed by atoms with Crippen LogP contribution in [0.15, 0.2) is 36.4 Å². The minimum Gasteiger partial charge on any atom is -0.486 e. The molecule has 2 amide bonds. The van der Waals surface area contributed by atoms with Gasteiger partial charge in [-0.1, -0.05) is 29.3 Å². The molecular formula is C18H16Cl2N2O3S. The normalized spacial score (nSPS) is 18.7. The molecule has 0 saturated carbocycles. The molecule has 8 heteroatoms. The van der Waals surface area contributed by atoms with Crippen LogP contribution >= 0.6 is 35.0 Å². The highest BCUT2D eigenvalue weighted by Gasteiger charge is 2.32. The minimum absolute atomic E-state index is 0.142. The van der Waals surface area contributed by atoms with Crippen LogP contribution in [0.3, 0.4) is 0 Å². The zero-order valence-electron chi connectivity index (χ0n) is 13.7. The fourth-order valence-corrected chi connectivity index (χ4v) is 4.82. The van der Waals surface area contributed by atoms with Crippen LogP contribution in [-0.2, 0) is 0 Å². The first-order valence-electron chi connectivity index (χ1n) is 8.15. The number of benzene rings is 2. The van der Waals surface area contributed by atoms with Gasteiger partial charge in [-0.15, -0.1) is 11.8 Å². The van der Waals surface area contributed by atoms with Crippen LogP contribution in [0.1, 0.15) is 10.9 Å². The number of amides is 2. The molecule has 1 atom stereocenters. The van der Waals surface area contributed by atoms with Gasteiger partial charge in [0.1, 0.15) is 18.6 Å². The van der Waals surface area contributed by atoms with E-state index in [4.69, 9.17) is 32.7 Å². The van der Waals surface area contributed by atoms with Crippen molar-refractivity contribution in [2.45, 2.75) is 5.37 Å². The molecule has 136 valence electrons. The molecule has 1 saturated heterocycles. The first kappa shape index (κ1) is 17.6. The van der Waals surface area contributed by atoms with Gasteiger partial charge in [-0.05, 0) is 24.3 Å². The highest BCUT2D eigenvalue weighted by molar-refractivity contribution is 7.99. The lowest BCUT2D eigenvalue weighted by Crippen LogP contribution is -2.34. The van der Waals surface area contributed by atoms with Gasteiger partial charge in [0, 0.05) is 39.7 Å². The number of urea groups is 1. The summed E-state index contributed by atoms with van der Waals surface area (Å²) in [6.07, 6.45) is 0. The molecule has 1 N–H and O–H groups in total. The Kier molecular flexibility index (Phi) is 5.07. The number of rotatable bonds is 2. The van der Waals surface area contributed by atoms with E-state index in [0.29, 0.717) is 47.0 Å². The summed E-state index contributed by atoms with van der Waals surface area (Å²) in [6.45, 7) is 1.68. The van der Waals surface area contributed by atoms with Gasteiger partial charge >= 0.3 is 6.03 Å². The molecule has 0 aliphatic carbocycles. The largest absolute Gasteiger partial charge is 0.486 e. The third-order valence-electron chi connectivity index (χ3n) is 4.17. The lowest BCUT2D eigenvalue weighted by atomic mass is 10.2. The van der Waals surface area contributed by atoms with Crippen molar-refractivity contribution in [3.63, 3.8) is 0 Å². The quantitative estimate of drug-likeness (QED) is 0.752.